The number of carbonyl (C=O) groups excluding carboxylic acids is 4. The second-order valence-corrected chi connectivity index (χ2v) is 8.95. The molecule has 0 aromatic carbocycles. The lowest BCUT2D eigenvalue weighted by Crippen LogP contribution is -2.58. The van der Waals surface area contributed by atoms with Gasteiger partial charge in [-0.3, -0.25) is 19.2 Å². The van der Waals surface area contributed by atoms with E-state index in [0.717, 1.165) is 38.5 Å². The molecular formula is C28H48N4O7. The van der Waals surface area contributed by atoms with E-state index in [4.69, 9.17) is 14.2 Å². The molecule has 0 rings (SSSR count). The number of nitrogens with one attached hydrogen (secondary N) is 4. The lowest BCUT2D eigenvalue weighted by molar-refractivity contribution is -0.127. The van der Waals surface area contributed by atoms with Gasteiger partial charge in [-0.1, -0.05) is 26.7 Å². The van der Waals surface area contributed by atoms with Crippen LogP contribution in [0, 0.1) is 0 Å². The van der Waals surface area contributed by atoms with Crippen molar-refractivity contribution in [2.45, 2.75) is 57.4 Å². The molecular weight excluding hydrogens is 504 g/mol. The van der Waals surface area contributed by atoms with E-state index >= 15 is 0 Å². The molecule has 222 valence electrons. The molecule has 0 bridgehead atoms. The van der Waals surface area contributed by atoms with Crippen molar-refractivity contribution in [1.82, 2.24) is 21.3 Å². The first-order chi connectivity index (χ1) is 18.8. The first kappa shape index (κ1) is 36.0. The van der Waals surface area contributed by atoms with Crippen LogP contribution < -0.4 is 21.3 Å². The number of unbranched alkanes of at least 4 members (excludes halogenated alkanes) is 3. The number of hydrogen-bond donors (Lipinski definition) is 4. The Kier molecular flexibility index (Phi) is 22.2. The smallest absolute Gasteiger partial charge is 0.243 e. The van der Waals surface area contributed by atoms with Crippen molar-refractivity contribution < 1.29 is 33.4 Å². The second kappa shape index (κ2) is 24.1. The highest BCUT2D eigenvalue weighted by molar-refractivity contribution is 5.87. The Balaban J connectivity index is 4.85. The summed E-state index contributed by atoms with van der Waals surface area (Å²) >= 11 is 0. The number of carbonyl (C=O) groups is 4. The summed E-state index contributed by atoms with van der Waals surface area (Å²) in [5.41, 5.74) is -0.877. The van der Waals surface area contributed by atoms with E-state index in [1.165, 1.54) is 18.2 Å². The topological polar surface area (TPSA) is 144 Å². The molecule has 0 aliphatic carbocycles. The normalized spacial score (nSPS) is 10.8. The monoisotopic (exact) mass is 552 g/mol. The Hall–Kier alpha value is -3.02. The summed E-state index contributed by atoms with van der Waals surface area (Å²) < 4.78 is 17.8. The van der Waals surface area contributed by atoms with Gasteiger partial charge in [-0.2, -0.15) is 0 Å². The summed E-state index contributed by atoms with van der Waals surface area (Å²) in [7, 11) is 0. The minimum atomic E-state index is -0.877. The van der Waals surface area contributed by atoms with E-state index in [-0.39, 0.29) is 43.4 Å². The van der Waals surface area contributed by atoms with Gasteiger partial charge in [-0.15, -0.1) is 0 Å². The average molecular weight is 553 g/mol. The third-order valence-corrected chi connectivity index (χ3v) is 5.46. The molecule has 11 heteroatoms. The number of ether oxygens (including phenoxy) is 3. The molecule has 0 radical (unpaired) electrons. The summed E-state index contributed by atoms with van der Waals surface area (Å²) in [5.74, 6) is -0.773. The maximum atomic E-state index is 12.4. The summed E-state index contributed by atoms with van der Waals surface area (Å²) in [6.07, 6.45) is 8.40. The van der Waals surface area contributed by atoms with Gasteiger partial charge in [0, 0.05) is 45.9 Å². The fourth-order valence-electron chi connectivity index (χ4n) is 3.26. The molecule has 4 N–H and O–H groups in total. The van der Waals surface area contributed by atoms with Crippen LogP contribution in [0.2, 0.25) is 0 Å². The number of hydrogen-bond acceptors (Lipinski definition) is 7. The first-order valence-electron chi connectivity index (χ1n) is 13.6. The molecule has 0 aliphatic rings. The lowest BCUT2D eigenvalue weighted by atomic mass is 10.0. The molecule has 4 amide bonds. The van der Waals surface area contributed by atoms with Gasteiger partial charge in [0.1, 0.15) is 5.54 Å². The molecule has 0 spiro atoms. The molecule has 11 nitrogen and oxygen atoms in total. The third kappa shape index (κ3) is 20.6. The highest BCUT2D eigenvalue weighted by Gasteiger charge is 2.33. The van der Waals surface area contributed by atoms with E-state index < -0.39 is 5.54 Å². The number of rotatable bonds is 26. The SMILES string of the molecule is C=CC(=O)NCCCCOCC(COCCCCNC(=O)C=C)(COCCCCNC(=O)C=C)NC(=O)CC. The van der Waals surface area contributed by atoms with Gasteiger partial charge < -0.3 is 35.5 Å². The van der Waals surface area contributed by atoms with Gasteiger partial charge in [-0.25, -0.2) is 0 Å². The van der Waals surface area contributed by atoms with Crippen molar-refractivity contribution in [2.75, 3.05) is 59.3 Å². The predicted octanol–water partition coefficient (Wildman–Crippen LogP) is 1.55. The molecule has 0 unspecified atom stereocenters. The van der Waals surface area contributed by atoms with Crippen molar-refractivity contribution >= 4 is 23.6 Å². The van der Waals surface area contributed by atoms with Crippen LogP contribution in [0.25, 0.3) is 0 Å². The molecule has 0 fully saturated rings. The minimum Gasteiger partial charge on any atom is -0.379 e. The Morgan fingerprint density at radius 3 is 1.23 bits per heavy atom. The maximum Gasteiger partial charge on any atom is 0.243 e. The zero-order valence-corrected chi connectivity index (χ0v) is 23.5. The fourth-order valence-corrected chi connectivity index (χ4v) is 3.26. The molecule has 0 aliphatic heterocycles. The van der Waals surface area contributed by atoms with E-state index in [2.05, 4.69) is 41.0 Å². The quantitative estimate of drug-likeness (QED) is 0.0941. The Morgan fingerprint density at radius 1 is 0.615 bits per heavy atom. The van der Waals surface area contributed by atoms with Crippen LogP contribution >= 0.6 is 0 Å². The second-order valence-electron chi connectivity index (χ2n) is 8.95. The molecule has 0 saturated heterocycles. The van der Waals surface area contributed by atoms with Gasteiger partial charge in [0.2, 0.25) is 23.6 Å². The van der Waals surface area contributed by atoms with Crippen LogP contribution in [0.5, 0.6) is 0 Å². The first-order valence-corrected chi connectivity index (χ1v) is 13.6. The van der Waals surface area contributed by atoms with E-state index in [0.29, 0.717) is 45.9 Å². The molecule has 0 atom stereocenters. The highest BCUT2D eigenvalue weighted by Crippen LogP contribution is 2.11. The maximum absolute atomic E-state index is 12.4. The zero-order valence-electron chi connectivity index (χ0n) is 23.5. The van der Waals surface area contributed by atoms with Crippen LogP contribution in [0.3, 0.4) is 0 Å². The van der Waals surface area contributed by atoms with Crippen molar-refractivity contribution in [1.29, 1.82) is 0 Å². The van der Waals surface area contributed by atoms with E-state index in [1.807, 2.05) is 0 Å². The van der Waals surface area contributed by atoms with Gasteiger partial charge >= 0.3 is 0 Å². The summed E-state index contributed by atoms with van der Waals surface area (Å²) in [6.45, 7) is 15.5. The molecule has 39 heavy (non-hydrogen) atoms. The fraction of sp³-hybridized carbons (Fsp3) is 0.643. The third-order valence-electron chi connectivity index (χ3n) is 5.46. The average Bonchev–Trinajstić information content (AvgIpc) is 2.94. The Labute approximate surface area is 233 Å². The van der Waals surface area contributed by atoms with E-state index in [9.17, 15) is 19.2 Å². The van der Waals surface area contributed by atoms with Crippen LogP contribution in [-0.2, 0) is 33.4 Å². The molecule has 0 saturated carbocycles. The zero-order chi connectivity index (χ0) is 29.2. The van der Waals surface area contributed by atoms with Crippen molar-refractivity contribution in [3.05, 3.63) is 38.0 Å². The van der Waals surface area contributed by atoms with E-state index in [1.54, 1.807) is 6.92 Å². The van der Waals surface area contributed by atoms with Gasteiger partial charge in [0.25, 0.3) is 0 Å². The molecule has 0 aromatic rings. The minimum absolute atomic E-state index is 0.141. The van der Waals surface area contributed by atoms with Crippen LogP contribution in [0.1, 0.15) is 51.9 Å². The molecule has 0 aromatic heterocycles. The number of amides is 4. The van der Waals surface area contributed by atoms with Crippen molar-refractivity contribution in [2.24, 2.45) is 0 Å². The standard InChI is InChI=1S/C28H48N4O7/c1-5-24(33)29-15-9-12-18-37-21-28(32-27(36)8-4,22-38-19-13-10-16-30-25(34)6-2)23-39-20-14-11-17-31-26(35)7-3/h5-7H,1-3,8-23H2,4H3,(H,29,33)(H,30,34)(H,31,35)(H,32,36). The van der Waals surface area contributed by atoms with Gasteiger partial charge in [0.15, 0.2) is 0 Å². The van der Waals surface area contributed by atoms with Crippen molar-refractivity contribution in [3.63, 3.8) is 0 Å². The predicted molar refractivity (Wildman–Crippen MR) is 151 cm³/mol. The summed E-state index contributed by atoms with van der Waals surface area (Å²) in [6, 6.07) is 0. The van der Waals surface area contributed by atoms with Gasteiger partial charge in [-0.05, 0) is 56.8 Å². The Morgan fingerprint density at radius 2 is 0.949 bits per heavy atom. The largest absolute Gasteiger partial charge is 0.379 e. The summed E-state index contributed by atoms with van der Waals surface area (Å²) in [4.78, 5) is 46.1. The van der Waals surface area contributed by atoms with Gasteiger partial charge in [0.05, 0.1) is 19.8 Å². The highest BCUT2D eigenvalue weighted by atomic mass is 16.5. The van der Waals surface area contributed by atoms with Crippen LogP contribution in [0.15, 0.2) is 38.0 Å². The molecule has 0 heterocycles. The lowest BCUT2D eigenvalue weighted by Gasteiger charge is -2.34. The van der Waals surface area contributed by atoms with Crippen molar-refractivity contribution in [3.8, 4) is 0 Å². The Bertz CT molecular complexity index is 675. The van der Waals surface area contributed by atoms with Crippen LogP contribution in [0.4, 0.5) is 0 Å². The summed E-state index contributed by atoms with van der Waals surface area (Å²) in [5, 5.41) is 11.2. The van der Waals surface area contributed by atoms with Crippen LogP contribution in [-0.4, -0.2) is 88.4 Å².